The molecule has 2 N–H and O–H groups in total. The summed E-state index contributed by atoms with van der Waals surface area (Å²) in [6.45, 7) is 0.484. The Hall–Kier alpha value is -1.99. The van der Waals surface area contributed by atoms with Crippen LogP contribution in [0.25, 0.3) is 0 Å². The molecule has 0 unspecified atom stereocenters. The van der Waals surface area contributed by atoms with Crippen LogP contribution in [0.4, 0.5) is 0 Å². The van der Waals surface area contributed by atoms with Gasteiger partial charge in [0.1, 0.15) is 5.82 Å². The van der Waals surface area contributed by atoms with Crippen LogP contribution in [0, 0.1) is 11.3 Å². The topological polar surface area (TPSA) is 70.1 Å². The smallest absolute Gasteiger partial charge is 0.233 e. The molecule has 0 bridgehead atoms. The van der Waals surface area contributed by atoms with Crippen molar-refractivity contribution in [1.29, 1.82) is 5.26 Å². The summed E-state index contributed by atoms with van der Waals surface area (Å²) in [4.78, 5) is 13.1. The van der Waals surface area contributed by atoms with Gasteiger partial charge in [0.2, 0.25) is 5.91 Å². The average Bonchev–Trinajstić information content (AvgIpc) is 2.64. The Labute approximate surface area is 110 Å². The van der Waals surface area contributed by atoms with Crippen molar-refractivity contribution in [3.8, 4) is 6.07 Å². The van der Waals surface area contributed by atoms with Crippen molar-refractivity contribution < 1.29 is 4.79 Å². The molecule has 0 saturated heterocycles. The van der Waals surface area contributed by atoms with Crippen molar-refractivity contribution in [3.63, 3.8) is 0 Å². The predicted molar refractivity (Wildman–Crippen MR) is 68.3 cm³/mol. The minimum atomic E-state index is -0.113. The zero-order valence-corrected chi connectivity index (χ0v) is 10.4. The first-order valence-electron chi connectivity index (χ1n) is 5.55. The molecule has 18 heavy (non-hydrogen) atoms. The number of nitriles is 1. The van der Waals surface area contributed by atoms with E-state index in [0.29, 0.717) is 23.6 Å². The van der Waals surface area contributed by atoms with Gasteiger partial charge in [-0.05, 0) is 24.1 Å². The van der Waals surface area contributed by atoms with Crippen molar-refractivity contribution in [2.75, 3.05) is 6.54 Å². The van der Waals surface area contributed by atoms with E-state index in [1.165, 1.54) is 4.90 Å². The molecule has 1 aliphatic heterocycles. The highest BCUT2D eigenvalue weighted by atomic mass is 35.5. The van der Waals surface area contributed by atoms with Crippen LogP contribution in [0.2, 0.25) is 5.02 Å². The van der Waals surface area contributed by atoms with Crippen molar-refractivity contribution in [2.45, 2.75) is 12.8 Å². The van der Waals surface area contributed by atoms with E-state index in [1.54, 1.807) is 0 Å². The van der Waals surface area contributed by atoms with Gasteiger partial charge in [-0.15, -0.1) is 0 Å². The number of hydrogen-bond donors (Lipinski definition) is 1. The van der Waals surface area contributed by atoms with Crippen molar-refractivity contribution >= 4 is 17.5 Å². The fourth-order valence-electron chi connectivity index (χ4n) is 1.87. The highest BCUT2D eigenvalue weighted by Gasteiger charge is 2.27. The van der Waals surface area contributed by atoms with Crippen molar-refractivity contribution in [1.82, 2.24) is 4.90 Å². The maximum atomic E-state index is 11.7. The Kier molecular flexibility index (Phi) is 3.54. The Bertz CT molecular complexity index is 542. The van der Waals surface area contributed by atoms with E-state index in [-0.39, 0.29) is 18.1 Å². The monoisotopic (exact) mass is 261 g/mol. The Morgan fingerprint density at radius 2 is 2.06 bits per heavy atom. The van der Waals surface area contributed by atoms with Gasteiger partial charge in [-0.25, -0.2) is 0 Å². The number of nitrogens with zero attached hydrogens (tertiary/aromatic N) is 2. The van der Waals surface area contributed by atoms with Crippen LogP contribution in [0.15, 0.2) is 35.7 Å². The highest BCUT2D eigenvalue weighted by molar-refractivity contribution is 6.30. The molecule has 0 aromatic heterocycles. The van der Waals surface area contributed by atoms with Crippen LogP contribution < -0.4 is 5.73 Å². The van der Waals surface area contributed by atoms with Gasteiger partial charge < -0.3 is 5.73 Å². The second kappa shape index (κ2) is 5.11. The fraction of sp³-hybridized carbons (Fsp3) is 0.231. The van der Waals surface area contributed by atoms with Crippen molar-refractivity contribution in [3.05, 3.63) is 46.2 Å². The van der Waals surface area contributed by atoms with Gasteiger partial charge in [-0.3, -0.25) is 9.69 Å². The summed E-state index contributed by atoms with van der Waals surface area (Å²) in [6.07, 6.45) is 0.797. The molecule has 1 aromatic rings. The Balaban J connectivity index is 2.03. The minimum absolute atomic E-state index is 0.113. The number of carbonyl (C=O) groups excluding carboxylic acids is 1. The fourth-order valence-corrected chi connectivity index (χ4v) is 1.99. The zero-order valence-electron chi connectivity index (χ0n) is 9.69. The second-order valence-electron chi connectivity index (χ2n) is 4.07. The molecule has 0 aliphatic carbocycles. The largest absolute Gasteiger partial charge is 0.384 e. The average molecular weight is 262 g/mol. The van der Waals surface area contributed by atoms with E-state index in [9.17, 15) is 4.79 Å². The zero-order chi connectivity index (χ0) is 13.1. The Morgan fingerprint density at radius 3 is 2.61 bits per heavy atom. The molecular formula is C13H12ClN3O. The molecule has 0 fully saturated rings. The highest BCUT2D eigenvalue weighted by Crippen LogP contribution is 2.20. The van der Waals surface area contributed by atoms with Gasteiger partial charge in [0, 0.05) is 11.6 Å². The molecular weight excluding hydrogens is 250 g/mol. The molecule has 0 radical (unpaired) electrons. The van der Waals surface area contributed by atoms with Gasteiger partial charge in [-0.1, -0.05) is 23.7 Å². The molecule has 4 nitrogen and oxygen atoms in total. The van der Waals surface area contributed by atoms with Crippen LogP contribution in [0.5, 0.6) is 0 Å². The lowest BCUT2D eigenvalue weighted by Gasteiger charge is -2.17. The lowest BCUT2D eigenvalue weighted by Crippen LogP contribution is -2.31. The molecule has 1 aromatic carbocycles. The van der Waals surface area contributed by atoms with E-state index in [2.05, 4.69) is 0 Å². The number of amides is 1. The quantitative estimate of drug-likeness (QED) is 0.902. The summed E-state index contributed by atoms with van der Waals surface area (Å²) in [7, 11) is 0. The molecule has 2 rings (SSSR count). The third kappa shape index (κ3) is 2.47. The SMILES string of the molecule is N#CC1=C(N)N(CCc2ccc(Cl)cc2)C(=O)C1. The molecule has 1 aliphatic rings. The van der Waals surface area contributed by atoms with Gasteiger partial charge in [0.25, 0.3) is 0 Å². The third-order valence-electron chi connectivity index (χ3n) is 2.90. The van der Waals surface area contributed by atoms with Crippen LogP contribution in [-0.2, 0) is 11.2 Å². The van der Waals surface area contributed by atoms with Gasteiger partial charge in [0.05, 0.1) is 18.1 Å². The van der Waals surface area contributed by atoms with Gasteiger partial charge in [0.15, 0.2) is 0 Å². The van der Waals surface area contributed by atoms with Crippen LogP contribution >= 0.6 is 11.6 Å². The summed E-state index contributed by atoms with van der Waals surface area (Å²) in [6, 6.07) is 9.39. The maximum absolute atomic E-state index is 11.7. The number of benzene rings is 1. The third-order valence-corrected chi connectivity index (χ3v) is 3.15. The van der Waals surface area contributed by atoms with Crippen LogP contribution in [0.1, 0.15) is 12.0 Å². The first kappa shape index (κ1) is 12.5. The standard InChI is InChI=1S/C13H12ClN3O/c14-11-3-1-9(2-4-11)5-6-17-12(18)7-10(8-15)13(17)16/h1-4H,5-7,16H2. The summed E-state index contributed by atoms with van der Waals surface area (Å²) in [5.41, 5.74) is 7.19. The predicted octanol–water partition coefficient (Wildman–Crippen LogP) is 1.81. The number of carbonyl (C=O) groups is 1. The summed E-state index contributed by atoms with van der Waals surface area (Å²) < 4.78 is 0. The summed E-state index contributed by atoms with van der Waals surface area (Å²) >= 11 is 5.80. The summed E-state index contributed by atoms with van der Waals surface area (Å²) in [5.74, 6) is 0.175. The molecule has 5 heteroatoms. The number of nitrogens with two attached hydrogens (primary N) is 1. The number of hydrogen-bond acceptors (Lipinski definition) is 3. The van der Waals surface area contributed by atoms with E-state index in [4.69, 9.17) is 22.6 Å². The molecule has 0 atom stereocenters. The van der Waals surface area contributed by atoms with E-state index in [1.807, 2.05) is 30.3 Å². The lowest BCUT2D eigenvalue weighted by molar-refractivity contribution is -0.127. The van der Waals surface area contributed by atoms with Crippen molar-refractivity contribution in [2.24, 2.45) is 5.73 Å². The maximum Gasteiger partial charge on any atom is 0.233 e. The normalized spacial score (nSPS) is 15.1. The Morgan fingerprint density at radius 1 is 1.39 bits per heavy atom. The minimum Gasteiger partial charge on any atom is -0.384 e. The molecule has 1 amide bonds. The lowest BCUT2D eigenvalue weighted by atomic mass is 10.1. The molecule has 0 spiro atoms. The molecule has 1 heterocycles. The van der Waals surface area contributed by atoms with Crippen LogP contribution in [0.3, 0.4) is 0 Å². The van der Waals surface area contributed by atoms with Gasteiger partial charge >= 0.3 is 0 Å². The van der Waals surface area contributed by atoms with Crippen LogP contribution in [-0.4, -0.2) is 17.4 Å². The van der Waals surface area contributed by atoms with E-state index >= 15 is 0 Å². The number of halogens is 1. The first-order valence-corrected chi connectivity index (χ1v) is 5.93. The summed E-state index contributed by atoms with van der Waals surface area (Å²) in [5, 5.41) is 9.49. The van der Waals surface area contributed by atoms with Gasteiger partial charge in [-0.2, -0.15) is 5.26 Å². The second-order valence-corrected chi connectivity index (χ2v) is 4.51. The van der Waals surface area contributed by atoms with E-state index < -0.39 is 0 Å². The van der Waals surface area contributed by atoms with E-state index in [0.717, 1.165) is 5.56 Å². The number of rotatable bonds is 3. The molecule has 0 saturated carbocycles. The first-order chi connectivity index (χ1) is 8.61. The molecule has 92 valence electrons.